The van der Waals surface area contributed by atoms with Gasteiger partial charge in [-0.15, -0.1) is 0 Å². The molecule has 0 saturated carbocycles. The number of benzene rings is 1. The third-order valence-corrected chi connectivity index (χ3v) is 4.43. The van der Waals surface area contributed by atoms with Crippen molar-refractivity contribution in [1.82, 2.24) is 0 Å². The van der Waals surface area contributed by atoms with Gasteiger partial charge in [-0.2, -0.15) is 5.26 Å². The molecule has 0 saturated heterocycles. The molecular formula is C17H15ClN2O2. The summed E-state index contributed by atoms with van der Waals surface area (Å²) in [4.78, 5) is 12.5. The molecule has 3 rings (SSSR count). The third kappa shape index (κ3) is 2.28. The van der Waals surface area contributed by atoms with Crippen LogP contribution in [0.5, 0.6) is 0 Å². The molecule has 1 aromatic rings. The first-order valence-electron chi connectivity index (χ1n) is 7.11. The Balaban J connectivity index is 2.22. The van der Waals surface area contributed by atoms with Crippen molar-refractivity contribution in [2.45, 2.75) is 25.7 Å². The summed E-state index contributed by atoms with van der Waals surface area (Å²) >= 11 is 6.29. The lowest BCUT2D eigenvalue weighted by atomic mass is 9.75. The van der Waals surface area contributed by atoms with Gasteiger partial charge in [0.25, 0.3) is 0 Å². The minimum absolute atomic E-state index is 0.00100. The van der Waals surface area contributed by atoms with Gasteiger partial charge in [0.1, 0.15) is 17.4 Å². The Kier molecular flexibility index (Phi) is 3.67. The van der Waals surface area contributed by atoms with Gasteiger partial charge in [-0.3, -0.25) is 4.79 Å². The quantitative estimate of drug-likeness (QED) is 0.862. The van der Waals surface area contributed by atoms with Crippen LogP contribution in [0.1, 0.15) is 31.2 Å². The summed E-state index contributed by atoms with van der Waals surface area (Å²) in [6, 6.07) is 9.28. The van der Waals surface area contributed by atoms with Gasteiger partial charge < -0.3 is 10.5 Å². The SMILES string of the molecule is C[C@H]1CC(=O)C2=C(C1)OC(N)=C(C#N)[C@H]2c1ccccc1Cl. The van der Waals surface area contributed by atoms with Gasteiger partial charge in [0.15, 0.2) is 5.78 Å². The van der Waals surface area contributed by atoms with Crippen LogP contribution >= 0.6 is 11.6 Å². The fourth-order valence-electron chi connectivity index (χ4n) is 3.11. The Morgan fingerprint density at radius 1 is 1.36 bits per heavy atom. The Morgan fingerprint density at radius 2 is 2.09 bits per heavy atom. The number of nitrogens with two attached hydrogens (primary N) is 1. The monoisotopic (exact) mass is 314 g/mol. The summed E-state index contributed by atoms with van der Waals surface area (Å²) in [5, 5.41) is 9.98. The van der Waals surface area contributed by atoms with Crippen LogP contribution in [-0.4, -0.2) is 5.78 Å². The second kappa shape index (κ2) is 5.51. The zero-order chi connectivity index (χ0) is 15.9. The molecule has 2 aliphatic rings. The van der Waals surface area contributed by atoms with Crippen LogP contribution in [0.4, 0.5) is 0 Å². The van der Waals surface area contributed by atoms with Gasteiger partial charge in [-0.25, -0.2) is 0 Å². The van der Waals surface area contributed by atoms with Gasteiger partial charge in [-0.1, -0.05) is 36.7 Å². The predicted molar refractivity (Wildman–Crippen MR) is 82.5 cm³/mol. The lowest BCUT2D eigenvalue weighted by molar-refractivity contribution is -0.117. The van der Waals surface area contributed by atoms with E-state index in [1.807, 2.05) is 25.1 Å². The molecule has 0 bridgehead atoms. The van der Waals surface area contributed by atoms with Crippen molar-refractivity contribution < 1.29 is 9.53 Å². The van der Waals surface area contributed by atoms with E-state index in [2.05, 4.69) is 6.07 Å². The number of ketones is 1. The summed E-state index contributed by atoms with van der Waals surface area (Å²) in [6.07, 6.45) is 1.09. The molecule has 1 heterocycles. The highest BCUT2D eigenvalue weighted by Gasteiger charge is 2.40. The first kappa shape index (κ1) is 14.7. The van der Waals surface area contributed by atoms with Crippen molar-refractivity contribution in [3.05, 3.63) is 57.6 Å². The van der Waals surface area contributed by atoms with Crippen LogP contribution in [0.15, 0.2) is 47.1 Å². The Bertz CT molecular complexity index is 758. The maximum atomic E-state index is 12.5. The van der Waals surface area contributed by atoms with Crippen LogP contribution in [0.25, 0.3) is 0 Å². The molecular weight excluding hydrogens is 300 g/mol. The maximum absolute atomic E-state index is 12.5. The summed E-state index contributed by atoms with van der Waals surface area (Å²) in [5.74, 6) is 0.300. The molecule has 1 aliphatic carbocycles. The van der Waals surface area contributed by atoms with Crippen molar-refractivity contribution >= 4 is 17.4 Å². The number of carbonyl (C=O) groups excluding carboxylic acids is 1. The van der Waals surface area contributed by atoms with Gasteiger partial charge >= 0.3 is 0 Å². The number of Topliss-reactive ketones (excluding diaryl/α,β-unsaturated/α-hetero) is 1. The van der Waals surface area contributed by atoms with Crippen molar-refractivity contribution in [3.8, 4) is 6.07 Å². The first-order chi connectivity index (χ1) is 10.5. The molecule has 0 aromatic heterocycles. The lowest BCUT2D eigenvalue weighted by Gasteiger charge is -2.33. The maximum Gasteiger partial charge on any atom is 0.205 e. The Morgan fingerprint density at radius 3 is 2.77 bits per heavy atom. The molecule has 22 heavy (non-hydrogen) atoms. The van der Waals surface area contributed by atoms with Crippen molar-refractivity contribution in [2.24, 2.45) is 11.7 Å². The molecule has 4 nitrogen and oxygen atoms in total. The average Bonchev–Trinajstić information content (AvgIpc) is 2.46. The number of carbonyl (C=O) groups is 1. The van der Waals surface area contributed by atoms with Crippen LogP contribution in [-0.2, 0) is 9.53 Å². The molecule has 5 heteroatoms. The molecule has 0 amide bonds. The number of halogens is 1. The van der Waals surface area contributed by atoms with E-state index < -0.39 is 5.92 Å². The largest absolute Gasteiger partial charge is 0.444 e. The third-order valence-electron chi connectivity index (χ3n) is 4.08. The number of hydrogen-bond acceptors (Lipinski definition) is 4. The topological polar surface area (TPSA) is 76.1 Å². The number of hydrogen-bond donors (Lipinski definition) is 1. The molecule has 0 fully saturated rings. The zero-order valence-electron chi connectivity index (χ0n) is 12.1. The molecule has 112 valence electrons. The van der Waals surface area contributed by atoms with E-state index in [0.29, 0.717) is 34.8 Å². The average molecular weight is 315 g/mol. The molecule has 1 aromatic carbocycles. The number of rotatable bonds is 1. The molecule has 0 radical (unpaired) electrons. The number of ether oxygens (including phenoxy) is 1. The van der Waals surface area contributed by atoms with Crippen LogP contribution in [0.3, 0.4) is 0 Å². The second-order valence-electron chi connectivity index (χ2n) is 5.72. The van der Waals surface area contributed by atoms with Crippen molar-refractivity contribution in [3.63, 3.8) is 0 Å². The first-order valence-corrected chi connectivity index (χ1v) is 7.49. The van der Waals surface area contributed by atoms with E-state index in [1.165, 1.54) is 0 Å². The predicted octanol–water partition coefficient (Wildman–Crippen LogP) is 3.40. The molecule has 1 aliphatic heterocycles. The van der Waals surface area contributed by atoms with E-state index in [0.717, 1.165) is 0 Å². The highest BCUT2D eigenvalue weighted by molar-refractivity contribution is 6.31. The van der Waals surface area contributed by atoms with E-state index >= 15 is 0 Å². The van der Waals surface area contributed by atoms with E-state index in [1.54, 1.807) is 6.07 Å². The molecule has 2 atom stereocenters. The van der Waals surface area contributed by atoms with Crippen LogP contribution < -0.4 is 5.73 Å². The minimum Gasteiger partial charge on any atom is -0.444 e. The lowest BCUT2D eigenvalue weighted by Crippen LogP contribution is -2.29. The molecule has 0 spiro atoms. The number of nitriles is 1. The summed E-state index contributed by atoms with van der Waals surface area (Å²) in [6.45, 7) is 2.00. The highest BCUT2D eigenvalue weighted by atomic mass is 35.5. The second-order valence-corrected chi connectivity index (χ2v) is 6.13. The Labute approximate surface area is 133 Å². The van der Waals surface area contributed by atoms with Gasteiger partial charge in [-0.05, 0) is 17.5 Å². The number of nitrogens with zero attached hydrogens (tertiary/aromatic N) is 1. The minimum atomic E-state index is -0.539. The van der Waals surface area contributed by atoms with E-state index in [4.69, 9.17) is 22.1 Å². The van der Waals surface area contributed by atoms with Gasteiger partial charge in [0.05, 0.1) is 5.92 Å². The van der Waals surface area contributed by atoms with Gasteiger partial charge in [0.2, 0.25) is 5.88 Å². The standard InChI is InChI=1S/C17H15ClN2O2/c1-9-6-13(21)16-14(7-9)22-17(20)11(8-19)15(16)10-4-2-3-5-12(10)18/h2-5,9,15H,6-7,20H2,1H3/t9-,15+/m0/s1. The fourth-order valence-corrected chi connectivity index (χ4v) is 3.36. The van der Waals surface area contributed by atoms with E-state index in [-0.39, 0.29) is 23.2 Å². The Hall–Kier alpha value is -2.25. The highest BCUT2D eigenvalue weighted by Crippen LogP contribution is 2.45. The van der Waals surface area contributed by atoms with Crippen LogP contribution in [0.2, 0.25) is 5.02 Å². The van der Waals surface area contributed by atoms with Crippen LogP contribution in [0, 0.1) is 17.2 Å². The summed E-state index contributed by atoms with van der Waals surface area (Å²) in [7, 11) is 0. The molecule has 0 unspecified atom stereocenters. The normalized spacial score (nSPS) is 24.7. The van der Waals surface area contributed by atoms with Gasteiger partial charge in [0, 0.05) is 23.4 Å². The zero-order valence-corrected chi connectivity index (χ0v) is 12.9. The van der Waals surface area contributed by atoms with Crippen molar-refractivity contribution in [1.29, 1.82) is 5.26 Å². The summed E-state index contributed by atoms with van der Waals surface area (Å²) in [5.41, 5.74) is 7.39. The fraction of sp³-hybridized carbons (Fsp3) is 0.294. The van der Waals surface area contributed by atoms with E-state index in [9.17, 15) is 10.1 Å². The molecule has 2 N–H and O–H groups in total. The summed E-state index contributed by atoms with van der Waals surface area (Å²) < 4.78 is 5.58. The van der Waals surface area contributed by atoms with Crippen molar-refractivity contribution in [2.75, 3.05) is 0 Å². The smallest absolute Gasteiger partial charge is 0.205 e. The number of allylic oxidation sites excluding steroid dienone is 3.